The molecule has 2 aromatic carbocycles. The molecule has 0 spiro atoms. The van der Waals surface area contributed by atoms with E-state index < -0.39 is 11.9 Å². The van der Waals surface area contributed by atoms with Gasteiger partial charge in [-0.2, -0.15) is 5.26 Å². The van der Waals surface area contributed by atoms with Crippen molar-refractivity contribution in [3.05, 3.63) is 65.0 Å². The normalized spacial score (nSPS) is 10.6. The highest BCUT2D eigenvalue weighted by atomic mass is 16.5. The Morgan fingerprint density at radius 3 is 2.21 bits per heavy atom. The largest absolute Gasteiger partial charge is 0.497 e. The van der Waals surface area contributed by atoms with Crippen LogP contribution in [0.15, 0.2) is 42.5 Å². The molecule has 0 N–H and O–H groups in total. The molecular weight excluding hydrogens is 422 g/mol. The third-order valence-corrected chi connectivity index (χ3v) is 5.33. The maximum Gasteiger partial charge on any atom is 0.357 e. The zero-order valence-corrected chi connectivity index (χ0v) is 18.4. The molecule has 0 aromatic heterocycles. The van der Waals surface area contributed by atoms with Crippen molar-refractivity contribution >= 4 is 22.8 Å². The summed E-state index contributed by atoms with van der Waals surface area (Å²) in [7, 11) is 3.96. The summed E-state index contributed by atoms with van der Waals surface area (Å²) in [6.45, 7) is 1.90. The van der Waals surface area contributed by atoms with Gasteiger partial charge in [0.15, 0.2) is 5.69 Å². The first kappa shape index (κ1) is 21.7. The summed E-state index contributed by atoms with van der Waals surface area (Å²) in [4.78, 5) is 34.8. The van der Waals surface area contributed by atoms with Crippen LogP contribution in [0.2, 0.25) is 0 Å². The Bertz CT molecular complexity index is 1420. The van der Waals surface area contributed by atoms with Crippen LogP contribution in [-0.4, -0.2) is 43.2 Å². The van der Waals surface area contributed by atoms with Crippen molar-refractivity contribution in [3.63, 3.8) is 0 Å². The second kappa shape index (κ2) is 8.55. The topological polar surface area (TPSA) is 111 Å². The lowest BCUT2D eigenvalue weighted by Crippen LogP contribution is -2.13. The van der Waals surface area contributed by atoms with Crippen LogP contribution >= 0.6 is 0 Å². The lowest BCUT2D eigenvalue weighted by atomic mass is 9.94. The van der Waals surface area contributed by atoms with Crippen molar-refractivity contribution in [3.8, 4) is 34.2 Å². The van der Waals surface area contributed by atoms with E-state index in [0.717, 1.165) is 5.56 Å². The number of aryl methyl sites for hydroxylation is 1. The molecule has 33 heavy (non-hydrogen) atoms. The summed E-state index contributed by atoms with van der Waals surface area (Å²) < 4.78 is 15.2. The Kier molecular flexibility index (Phi) is 5.63. The zero-order chi connectivity index (χ0) is 23.7. The first-order valence-corrected chi connectivity index (χ1v) is 9.92. The van der Waals surface area contributed by atoms with Gasteiger partial charge in [-0.15, -0.1) is 0 Å². The van der Waals surface area contributed by atoms with Crippen molar-refractivity contribution in [2.45, 2.75) is 6.92 Å². The summed E-state index contributed by atoms with van der Waals surface area (Å²) in [6.07, 6.45) is 0. The molecule has 8 nitrogen and oxygen atoms in total. The number of esters is 2. The molecule has 164 valence electrons. The smallest absolute Gasteiger partial charge is 0.357 e. The fourth-order valence-electron chi connectivity index (χ4n) is 3.80. The average molecular weight is 441 g/mol. The molecule has 0 unspecified atom stereocenters. The van der Waals surface area contributed by atoms with E-state index in [0.29, 0.717) is 33.5 Å². The molecule has 2 aliphatic rings. The van der Waals surface area contributed by atoms with Gasteiger partial charge < -0.3 is 14.2 Å². The van der Waals surface area contributed by atoms with Crippen molar-refractivity contribution < 1.29 is 23.8 Å². The number of benzene rings is 2. The first-order chi connectivity index (χ1) is 15.9. The van der Waals surface area contributed by atoms with Crippen LogP contribution in [-0.2, 0) is 9.47 Å². The van der Waals surface area contributed by atoms with E-state index in [-0.39, 0.29) is 22.5 Å². The number of aromatic nitrogens is 2. The van der Waals surface area contributed by atoms with Crippen LogP contribution < -0.4 is 4.74 Å². The molecule has 0 saturated heterocycles. The summed E-state index contributed by atoms with van der Waals surface area (Å²) in [6, 6.07) is 14.5. The van der Waals surface area contributed by atoms with Crippen LogP contribution in [0, 0.1) is 18.3 Å². The van der Waals surface area contributed by atoms with E-state index in [2.05, 4.69) is 16.0 Å². The summed E-state index contributed by atoms with van der Waals surface area (Å²) in [5.41, 5.74) is 2.76. The number of hydrogen-bond donors (Lipinski definition) is 0. The van der Waals surface area contributed by atoms with Gasteiger partial charge in [0, 0.05) is 16.5 Å². The standard InChI is InChI=1S/C25H19N3O5/c1-13-5-10-17-16(11-13)22-20(21(24(29)32-3)23(27-17)25(30)33-4)19(18(12-26)28-22)14-6-8-15(31-2)9-7-14/h5-11H,1-4H3. The summed E-state index contributed by atoms with van der Waals surface area (Å²) >= 11 is 0. The van der Waals surface area contributed by atoms with Crippen LogP contribution in [0.1, 0.15) is 32.1 Å². The maximum absolute atomic E-state index is 13.0. The SMILES string of the molecule is COC(=O)c1nc2ccc(C)cc2c2nc(C#N)c(-c3ccc(OC)cc3)c-2c1C(=O)OC. The Labute approximate surface area is 189 Å². The van der Waals surface area contributed by atoms with Crippen molar-refractivity contribution in [2.24, 2.45) is 0 Å². The minimum Gasteiger partial charge on any atom is -0.497 e. The fourth-order valence-corrected chi connectivity index (χ4v) is 3.80. The van der Waals surface area contributed by atoms with Gasteiger partial charge in [-0.25, -0.2) is 19.6 Å². The lowest BCUT2D eigenvalue weighted by molar-refractivity contribution is 0.0551. The molecule has 2 aliphatic heterocycles. The predicted octanol–water partition coefficient (Wildman–Crippen LogP) is 4.16. The van der Waals surface area contributed by atoms with Gasteiger partial charge in [0.2, 0.25) is 0 Å². The Hall–Kier alpha value is -4.51. The molecule has 8 heteroatoms. The molecule has 0 saturated carbocycles. The Morgan fingerprint density at radius 1 is 0.909 bits per heavy atom. The number of rotatable bonds is 4. The van der Waals surface area contributed by atoms with Gasteiger partial charge >= 0.3 is 11.9 Å². The monoisotopic (exact) mass is 441 g/mol. The number of carbonyl (C=O) groups excluding carboxylic acids is 2. The predicted molar refractivity (Wildman–Crippen MR) is 120 cm³/mol. The van der Waals surface area contributed by atoms with Crippen LogP contribution in [0.5, 0.6) is 5.75 Å². The fraction of sp³-hybridized carbons (Fsp3) is 0.160. The van der Waals surface area contributed by atoms with E-state index in [1.165, 1.54) is 14.2 Å². The van der Waals surface area contributed by atoms with E-state index >= 15 is 0 Å². The van der Waals surface area contributed by atoms with Gasteiger partial charge in [-0.05, 0) is 36.8 Å². The molecule has 0 amide bonds. The quantitative estimate of drug-likeness (QED) is 0.434. The highest BCUT2D eigenvalue weighted by Gasteiger charge is 2.32. The number of methoxy groups -OCH3 is 3. The molecular formula is C25H19N3O5. The van der Waals surface area contributed by atoms with Crippen molar-refractivity contribution in [2.75, 3.05) is 21.3 Å². The van der Waals surface area contributed by atoms with Crippen molar-refractivity contribution in [1.29, 1.82) is 5.26 Å². The molecule has 2 heterocycles. The first-order valence-electron chi connectivity index (χ1n) is 9.92. The lowest BCUT2D eigenvalue weighted by Gasteiger charge is -2.09. The molecule has 0 aliphatic carbocycles. The number of fused-ring (bicyclic) bond motifs is 3. The Morgan fingerprint density at radius 2 is 1.61 bits per heavy atom. The van der Waals surface area contributed by atoms with Gasteiger partial charge in [0.05, 0.1) is 32.5 Å². The van der Waals surface area contributed by atoms with Gasteiger partial charge in [-0.3, -0.25) is 0 Å². The van der Waals surface area contributed by atoms with E-state index in [9.17, 15) is 14.9 Å². The molecule has 4 rings (SSSR count). The molecule has 0 radical (unpaired) electrons. The van der Waals surface area contributed by atoms with Crippen LogP contribution in [0.25, 0.3) is 33.3 Å². The Balaban J connectivity index is 2.26. The number of nitrogens with zero attached hydrogens (tertiary/aromatic N) is 3. The van der Waals surface area contributed by atoms with Gasteiger partial charge in [0.1, 0.15) is 23.1 Å². The summed E-state index contributed by atoms with van der Waals surface area (Å²) in [5, 5.41) is 10.5. The second-order valence-corrected chi connectivity index (χ2v) is 7.24. The molecule has 0 bridgehead atoms. The minimum atomic E-state index is -0.810. The number of hydrogen-bond acceptors (Lipinski definition) is 8. The minimum absolute atomic E-state index is 0.102. The van der Waals surface area contributed by atoms with E-state index in [1.54, 1.807) is 37.4 Å². The highest BCUT2D eigenvalue weighted by Crippen LogP contribution is 2.43. The molecule has 0 atom stereocenters. The molecule has 0 fully saturated rings. The van der Waals surface area contributed by atoms with E-state index in [4.69, 9.17) is 14.2 Å². The van der Waals surface area contributed by atoms with Gasteiger partial charge in [0.25, 0.3) is 0 Å². The third kappa shape index (κ3) is 3.59. The second-order valence-electron chi connectivity index (χ2n) is 7.24. The van der Waals surface area contributed by atoms with Crippen LogP contribution in [0.3, 0.4) is 0 Å². The van der Waals surface area contributed by atoms with E-state index in [1.807, 2.05) is 19.1 Å². The summed E-state index contributed by atoms with van der Waals surface area (Å²) in [5.74, 6) is -0.982. The highest BCUT2D eigenvalue weighted by molar-refractivity contribution is 6.14. The number of ether oxygens (including phenoxy) is 3. The van der Waals surface area contributed by atoms with Gasteiger partial charge in [-0.1, -0.05) is 23.8 Å². The zero-order valence-electron chi connectivity index (χ0n) is 18.4. The van der Waals surface area contributed by atoms with Crippen molar-refractivity contribution in [1.82, 2.24) is 9.97 Å². The number of carbonyl (C=O) groups is 2. The van der Waals surface area contributed by atoms with Crippen LogP contribution in [0.4, 0.5) is 0 Å². The third-order valence-electron chi connectivity index (χ3n) is 5.33. The maximum atomic E-state index is 13.0. The molecule has 2 aromatic rings. The average Bonchev–Trinajstić information content (AvgIpc) is 3.16. The number of nitriles is 1.